The van der Waals surface area contributed by atoms with Crippen molar-refractivity contribution in [2.24, 2.45) is 0 Å². The summed E-state index contributed by atoms with van der Waals surface area (Å²) in [7, 11) is 0. The molecule has 99 valence electrons. The average molecular weight is 283 g/mol. The monoisotopic (exact) mass is 283 g/mol. The van der Waals surface area contributed by atoms with Gasteiger partial charge in [-0.05, 0) is 19.1 Å². The molecule has 3 aromatic heterocycles. The number of thiazole rings is 1. The summed E-state index contributed by atoms with van der Waals surface area (Å²) in [5, 5.41) is 1.93. The Morgan fingerprint density at radius 2 is 2.00 bits per heavy atom. The van der Waals surface area contributed by atoms with Crippen LogP contribution in [0.3, 0.4) is 0 Å². The van der Waals surface area contributed by atoms with Crippen LogP contribution in [0.1, 0.15) is 11.4 Å². The molecule has 3 aromatic rings. The van der Waals surface area contributed by atoms with Crippen LogP contribution < -0.4 is 4.74 Å². The van der Waals surface area contributed by atoms with Gasteiger partial charge >= 0.3 is 6.01 Å². The molecule has 0 saturated carbocycles. The first-order valence-corrected chi connectivity index (χ1v) is 6.87. The molecule has 0 unspecified atom stereocenters. The fourth-order valence-corrected chi connectivity index (χ4v) is 2.15. The van der Waals surface area contributed by atoms with Gasteiger partial charge in [-0.15, -0.1) is 11.3 Å². The normalized spacial score (nSPS) is 10.4. The van der Waals surface area contributed by atoms with E-state index in [1.165, 1.54) is 11.3 Å². The van der Waals surface area contributed by atoms with Crippen LogP contribution in [0.25, 0.3) is 11.3 Å². The van der Waals surface area contributed by atoms with Crippen LogP contribution in [0.2, 0.25) is 0 Å². The van der Waals surface area contributed by atoms with E-state index in [0.29, 0.717) is 18.3 Å². The van der Waals surface area contributed by atoms with Crippen molar-refractivity contribution in [2.45, 2.75) is 6.61 Å². The second kappa shape index (κ2) is 5.75. The van der Waals surface area contributed by atoms with Crippen molar-refractivity contribution in [1.82, 2.24) is 19.9 Å². The number of ether oxygens (including phenoxy) is 1. The number of aromatic nitrogens is 4. The third-order valence-electron chi connectivity index (χ3n) is 2.56. The highest BCUT2D eigenvalue weighted by Crippen LogP contribution is 2.16. The van der Waals surface area contributed by atoms with Gasteiger partial charge in [-0.3, -0.25) is 4.98 Å². The van der Waals surface area contributed by atoms with Gasteiger partial charge in [-0.2, -0.15) is 0 Å². The van der Waals surface area contributed by atoms with Gasteiger partial charge in [0.15, 0.2) is 0 Å². The maximum Gasteiger partial charge on any atom is 0.316 e. The standard InChI is InChI=1S/C14H11N4OS/c1-10-3-2-4-13(18-10)11-5-15-14(16-6-11)19-7-12-8-20-9-17-12/h2-6,8-9H,1,7H2. The lowest BCUT2D eigenvalue weighted by Crippen LogP contribution is -1.99. The Kier molecular flexibility index (Phi) is 3.64. The molecule has 3 rings (SSSR count). The molecule has 0 bridgehead atoms. The van der Waals surface area contributed by atoms with Gasteiger partial charge in [0.25, 0.3) is 0 Å². The molecule has 0 N–H and O–H groups in total. The van der Waals surface area contributed by atoms with Gasteiger partial charge in [0.2, 0.25) is 0 Å². The first-order chi connectivity index (χ1) is 9.81. The highest BCUT2D eigenvalue weighted by atomic mass is 32.1. The number of hydrogen-bond donors (Lipinski definition) is 0. The van der Waals surface area contributed by atoms with Crippen LogP contribution in [0.15, 0.2) is 41.5 Å². The lowest BCUT2D eigenvalue weighted by molar-refractivity contribution is 0.277. The van der Waals surface area contributed by atoms with Crippen molar-refractivity contribution in [1.29, 1.82) is 0 Å². The smallest absolute Gasteiger partial charge is 0.316 e. The van der Waals surface area contributed by atoms with Gasteiger partial charge in [-0.1, -0.05) is 6.07 Å². The van der Waals surface area contributed by atoms with Crippen LogP contribution in [0.4, 0.5) is 0 Å². The Labute approximate surface area is 120 Å². The summed E-state index contributed by atoms with van der Waals surface area (Å²) in [6.45, 7) is 4.17. The SMILES string of the molecule is [CH2]c1cccc(-c2cnc(OCc3cscn3)nc2)n1. The largest absolute Gasteiger partial charge is 0.457 e. The molecule has 0 fully saturated rings. The number of hydrogen-bond acceptors (Lipinski definition) is 6. The van der Waals surface area contributed by atoms with E-state index in [1.807, 2.05) is 23.6 Å². The minimum absolute atomic E-state index is 0.326. The third-order valence-corrected chi connectivity index (χ3v) is 3.20. The van der Waals surface area contributed by atoms with Gasteiger partial charge in [0, 0.05) is 29.0 Å². The summed E-state index contributed by atoms with van der Waals surface area (Å²) in [6, 6.07) is 5.96. The van der Waals surface area contributed by atoms with Crippen LogP contribution in [0, 0.1) is 6.92 Å². The molecule has 0 aliphatic carbocycles. The van der Waals surface area contributed by atoms with E-state index in [1.54, 1.807) is 17.9 Å². The summed E-state index contributed by atoms with van der Waals surface area (Å²) in [5.74, 6) is 0. The van der Waals surface area contributed by atoms with E-state index in [2.05, 4.69) is 26.9 Å². The maximum absolute atomic E-state index is 5.45. The maximum atomic E-state index is 5.45. The van der Waals surface area contributed by atoms with Crippen molar-refractivity contribution < 1.29 is 4.74 Å². The second-order valence-corrected chi connectivity index (χ2v) is 4.76. The first-order valence-electron chi connectivity index (χ1n) is 5.92. The van der Waals surface area contributed by atoms with E-state index in [4.69, 9.17) is 4.74 Å². The number of nitrogens with zero attached hydrogens (tertiary/aromatic N) is 4. The lowest BCUT2D eigenvalue weighted by Gasteiger charge is -2.04. The predicted octanol–water partition coefficient (Wildman–Crippen LogP) is 2.76. The van der Waals surface area contributed by atoms with Crippen LogP contribution >= 0.6 is 11.3 Å². The average Bonchev–Trinajstić information content (AvgIpc) is 2.99. The van der Waals surface area contributed by atoms with Crippen LogP contribution in [-0.2, 0) is 6.61 Å². The highest BCUT2D eigenvalue weighted by molar-refractivity contribution is 7.07. The summed E-state index contributed by atoms with van der Waals surface area (Å²) in [5.41, 5.74) is 4.97. The van der Waals surface area contributed by atoms with E-state index in [-0.39, 0.29) is 0 Å². The number of pyridine rings is 1. The topological polar surface area (TPSA) is 60.8 Å². The molecule has 0 aliphatic heterocycles. The zero-order chi connectivity index (χ0) is 13.8. The highest BCUT2D eigenvalue weighted by Gasteiger charge is 2.04. The fourth-order valence-electron chi connectivity index (χ4n) is 1.61. The zero-order valence-electron chi connectivity index (χ0n) is 10.6. The van der Waals surface area contributed by atoms with Crippen molar-refractivity contribution in [2.75, 3.05) is 0 Å². The summed E-state index contributed by atoms with van der Waals surface area (Å²) in [4.78, 5) is 16.8. The molecule has 0 atom stereocenters. The Hall–Kier alpha value is -2.34. The molecule has 0 saturated heterocycles. The Balaban J connectivity index is 1.71. The van der Waals surface area contributed by atoms with Crippen molar-refractivity contribution in [3.8, 4) is 17.3 Å². The lowest BCUT2D eigenvalue weighted by atomic mass is 10.2. The molecule has 5 nitrogen and oxygen atoms in total. The Bertz CT molecular complexity index is 683. The third kappa shape index (κ3) is 2.97. The Morgan fingerprint density at radius 3 is 2.70 bits per heavy atom. The second-order valence-electron chi connectivity index (χ2n) is 4.04. The molecule has 0 spiro atoms. The van der Waals surface area contributed by atoms with Crippen molar-refractivity contribution in [3.05, 3.63) is 59.8 Å². The van der Waals surface area contributed by atoms with Crippen LogP contribution in [-0.4, -0.2) is 19.9 Å². The van der Waals surface area contributed by atoms with Gasteiger partial charge in [0.1, 0.15) is 6.61 Å². The van der Waals surface area contributed by atoms with E-state index in [0.717, 1.165) is 17.0 Å². The van der Waals surface area contributed by atoms with Crippen molar-refractivity contribution >= 4 is 11.3 Å². The van der Waals surface area contributed by atoms with Gasteiger partial charge < -0.3 is 4.74 Å². The molecular weight excluding hydrogens is 272 g/mol. The Morgan fingerprint density at radius 1 is 1.15 bits per heavy atom. The molecular formula is C14H11N4OS. The molecule has 0 aliphatic rings. The quantitative estimate of drug-likeness (QED) is 0.736. The molecule has 20 heavy (non-hydrogen) atoms. The number of rotatable bonds is 4. The fraction of sp³-hybridized carbons (Fsp3) is 0.0714. The molecule has 3 heterocycles. The van der Waals surface area contributed by atoms with Gasteiger partial charge in [0.05, 0.1) is 16.9 Å². The van der Waals surface area contributed by atoms with Crippen molar-refractivity contribution in [3.63, 3.8) is 0 Å². The van der Waals surface area contributed by atoms with Crippen LogP contribution in [0.5, 0.6) is 6.01 Å². The minimum atomic E-state index is 0.326. The first kappa shape index (κ1) is 12.7. The van der Waals surface area contributed by atoms with E-state index < -0.39 is 0 Å². The van der Waals surface area contributed by atoms with E-state index in [9.17, 15) is 0 Å². The molecule has 6 heteroatoms. The van der Waals surface area contributed by atoms with Gasteiger partial charge in [-0.25, -0.2) is 15.0 Å². The zero-order valence-corrected chi connectivity index (χ0v) is 11.4. The predicted molar refractivity (Wildman–Crippen MR) is 76.2 cm³/mol. The molecule has 0 amide bonds. The summed E-state index contributed by atoms with van der Waals surface area (Å²) in [6.07, 6.45) is 3.37. The summed E-state index contributed by atoms with van der Waals surface area (Å²) >= 11 is 1.53. The van der Waals surface area contributed by atoms with E-state index >= 15 is 0 Å². The summed E-state index contributed by atoms with van der Waals surface area (Å²) < 4.78 is 5.45. The minimum Gasteiger partial charge on any atom is -0.457 e. The molecule has 1 radical (unpaired) electrons. The molecule has 0 aromatic carbocycles.